The molecule has 0 saturated carbocycles. The van der Waals surface area contributed by atoms with Crippen LogP contribution in [0.4, 0.5) is 10.5 Å². The maximum absolute atomic E-state index is 11.6. The van der Waals surface area contributed by atoms with Crippen molar-refractivity contribution in [3.8, 4) is 0 Å². The molecule has 2 aromatic heterocycles. The number of carboxylic acid groups (broad SMARTS) is 1. The molecular weight excluding hydrogens is 286 g/mol. The highest BCUT2D eigenvalue weighted by molar-refractivity contribution is 7.07. The number of nitrogens with one attached hydrogen (secondary N) is 3. The van der Waals surface area contributed by atoms with E-state index in [1.807, 2.05) is 0 Å². The molecule has 9 nitrogen and oxygen atoms in total. The maximum atomic E-state index is 11.6. The first-order chi connectivity index (χ1) is 9.52. The number of carbonyl (C=O) groups excluding carboxylic acids is 1. The van der Waals surface area contributed by atoms with E-state index >= 15 is 0 Å². The van der Waals surface area contributed by atoms with Crippen LogP contribution in [0.1, 0.15) is 5.69 Å². The van der Waals surface area contributed by atoms with Gasteiger partial charge in [-0.05, 0) is 0 Å². The van der Waals surface area contributed by atoms with Crippen LogP contribution in [0, 0.1) is 0 Å². The maximum Gasteiger partial charge on any atom is 0.325 e. The van der Waals surface area contributed by atoms with E-state index in [0.29, 0.717) is 11.4 Å². The normalized spacial score (nSPS) is 10.2. The standard InChI is InChI=1S/C10H11N5O4S/c16-8(17)4-15-3-6(2-12-15)13-9(18)11-1-7-5-20-10(19)14-7/h2-3,5H,1,4H2,(H,14,19)(H,16,17)(H2,11,13,18). The van der Waals surface area contributed by atoms with Crippen LogP contribution >= 0.6 is 11.3 Å². The molecule has 0 aromatic carbocycles. The van der Waals surface area contributed by atoms with Gasteiger partial charge in [0.25, 0.3) is 0 Å². The number of hydrogen-bond acceptors (Lipinski definition) is 5. The van der Waals surface area contributed by atoms with Gasteiger partial charge in [0.1, 0.15) is 6.54 Å². The Bertz CT molecular complexity index is 673. The van der Waals surface area contributed by atoms with Gasteiger partial charge in [-0.1, -0.05) is 11.3 Å². The van der Waals surface area contributed by atoms with E-state index in [4.69, 9.17) is 5.11 Å². The van der Waals surface area contributed by atoms with Gasteiger partial charge in [-0.3, -0.25) is 14.3 Å². The van der Waals surface area contributed by atoms with Gasteiger partial charge in [-0.15, -0.1) is 0 Å². The number of amides is 2. The molecule has 0 fully saturated rings. The first-order valence-corrected chi connectivity index (χ1v) is 6.36. The van der Waals surface area contributed by atoms with Gasteiger partial charge in [0, 0.05) is 17.3 Å². The number of aliphatic carboxylic acids is 1. The number of aromatic amines is 1. The number of aromatic nitrogens is 3. The van der Waals surface area contributed by atoms with E-state index in [0.717, 1.165) is 11.3 Å². The van der Waals surface area contributed by atoms with Crippen LogP contribution in [0.2, 0.25) is 0 Å². The minimum Gasteiger partial charge on any atom is -0.480 e. The first kappa shape index (κ1) is 13.8. The molecule has 0 aliphatic heterocycles. The summed E-state index contributed by atoms with van der Waals surface area (Å²) in [7, 11) is 0. The summed E-state index contributed by atoms with van der Waals surface area (Å²) in [6.07, 6.45) is 2.75. The minimum atomic E-state index is -1.02. The fourth-order valence-electron chi connectivity index (χ4n) is 1.40. The molecule has 20 heavy (non-hydrogen) atoms. The van der Waals surface area contributed by atoms with E-state index < -0.39 is 12.0 Å². The Morgan fingerprint density at radius 1 is 1.50 bits per heavy atom. The van der Waals surface area contributed by atoms with Crippen molar-refractivity contribution in [3.05, 3.63) is 33.1 Å². The monoisotopic (exact) mass is 297 g/mol. The van der Waals surface area contributed by atoms with Crippen molar-refractivity contribution >= 4 is 29.0 Å². The molecule has 2 aromatic rings. The Balaban J connectivity index is 1.83. The van der Waals surface area contributed by atoms with Crippen LogP contribution < -0.4 is 15.5 Å². The molecule has 0 bridgehead atoms. The summed E-state index contributed by atoms with van der Waals surface area (Å²) in [5.74, 6) is -1.02. The van der Waals surface area contributed by atoms with Crippen LogP contribution in [0.3, 0.4) is 0 Å². The smallest absolute Gasteiger partial charge is 0.325 e. The number of nitrogens with zero attached hydrogens (tertiary/aromatic N) is 2. The van der Waals surface area contributed by atoms with Gasteiger partial charge in [-0.2, -0.15) is 5.10 Å². The highest BCUT2D eigenvalue weighted by Gasteiger charge is 2.06. The molecule has 4 N–H and O–H groups in total. The molecule has 0 atom stereocenters. The molecule has 0 aliphatic rings. The third-order valence-electron chi connectivity index (χ3n) is 2.20. The summed E-state index contributed by atoms with van der Waals surface area (Å²) in [5, 5.41) is 19.0. The van der Waals surface area contributed by atoms with Gasteiger partial charge in [-0.25, -0.2) is 4.79 Å². The molecule has 0 unspecified atom stereocenters. The van der Waals surface area contributed by atoms with Crippen molar-refractivity contribution < 1.29 is 14.7 Å². The second kappa shape index (κ2) is 6.02. The third-order valence-corrected chi connectivity index (χ3v) is 2.92. The topological polar surface area (TPSA) is 129 Å². The molecular formula is C10H11N5O4S. The van der Waals surface area contributed by atoms with Crippen LogP contribution in [0.25, 0.3) is 0 Å². The average molecular weight is 297 g/mol. The lowest BCUT2D eigenvalue weighted by Crippen LogP contribution is -2.28. The largest absolute Gasteiger partial charge is 0.480 e. The second-order valence-electron chi connectivity index (χ2n) is 3.80. The lowest BCUT2D eigenvalue weighted by molar-refractivity contribution is -0.137. The van der Waals surface area contributed by atoms with Crippen molar-refractivity contribution in [3.63, 3.8) is 0 Å². The quantitative estimate of drug-likeness (QED) is 0.619. The van der Waals surface area contributed by atoms with Crippen molar-refractivity contribution in [2.24, 2.45) is 0 Å². The number of H-pyrrole nitrogens is 1. The lowest BCUT2D eigenvalue weighted by atomic mass is 10.5. The van der Waals surface area contributed by atoms with Gasteiger partial charge < -0.3 is 20.7 Å². The van der Waals surface area contributed by atoms with E-state index in [2.05, 4.69) is 20.7 Å². The van der Waals surface area contributed by atoms with E-state index in [-0.39, 0.29) is 18.0 Å². The molecule has 0 aliphatic carbocycles. The minimum absolute atomic E-state index is 0.183. The molecule has 2 rings (SSSR count). The Labute approximate surface area is 116 Å². The summed E-state index contributed by atoms with van der Waals surface area (Å²) in [6.45, 7) is -0.0900. The van der Waals surface area contributed by atoms with Crippen LogP contribution in [-0.2, 0) is 17.9 Å². The number of urea groups is 1. The lowest BCUT2D eigenvalue weighted by Gasteiger charge is -2.03. The first-order valence-electron chi connectivity index (χ1n) is 5.49. The second-order valence-corrected chi connectivity index (χ2v) is 4.64. The zero-order chi connectivity index (χ0) is 14.5. The highest BCUT2D eigenvalue weighted by Crippen LogP contribution is 2.04. The molecule has 2 amide bonds. The van der Waals surface area contributed by atoms with Crippen LogP contribution in [-0.4, -0.2) is 31.9 Å². The molecule has 10 heteroatoms. The number of rotatable bonds is 5. The summed E-state index contributed by atoms with van der Waals surface area (Å²) >= 11 is 1.02. The predicted molar refractivity (Wildman–Crippen MR) is 70.7 cm³/mol. The zero-order valence-corrected chi connectivity index (χ0v) is 10.9. The van der Waals surface area contributed by atoms with E-state index in [1.54, 1.807) is 5.38 Å². The molecule has 106 valence electrons. The highest BCUT2D eigenvalue weighted by atomic mass is 32.1. The summed E-state index contributed by atoms with van der Waals surface area (Å²) in [5.41, 5.74) is 0.985. The Hall–Kier alpha value is -2.62. The molecule has 0 radical (unpaired) electrons. The fourth-order valence-corrected chi connectivity index (χ4v) is 1.99. The van der Waals surface area contributed by atoms with Crippen molar-refractivity contribution in [2.45, 2.75) is 13.1 Å². The van der Waals surface area contributed by atoms with Gasteiger partial charge in [0.15, 0.2) is 0 Å². The fraction of sp³-hybridized carbons (Fsp3) is 0.200. The summed E-state index contributed by atoms with van der Waals surface area (Å²) < 4.78 is 1.19. The van der Waals surface area contributed by atoms with Crippen LogP contribution in [0.5, 0.6) is 0 Å². The Kier molecular flexibility index (Phi) is 4.15. The number of hydrogen-bond donors (Lipinski definition) is 4. The molecule has 0 saturated heterocycles. The Morgan fingerprint density at radius 3 is 2.95 bits per heavy atom. The predicted octanol–water partition coefficient (Wildman–Crippen LogP) is 0.0392. The zero-order valence-electron chi connectivity index (χ0n) is 10.1. The third kappa shape index (κ3) is 3.95. The van der Waals surface area contributed by atoms with Crippen molar-refractivity contribution in [1.29, 1.82) is 0 Å². The Morgan fingerprint density at radius 2 is 2.30 bits per heavy atom. The van der Waals surface area contributed by atoms with Crippen molar-refractivity contribution in [1.82, 2.24) is 20.1 Å². The van der Waals surface area contributed by atoms with E-state index in [1.165, 1.54) is 17.1 Å². The van der Waals surface area contributed by atoms with Crippen LogP contribution in [0.15, 0.2) is 22.6 Å². The molecule has 2 heterocycles. The summed E-state index contributed by atoms with van der Waals surface area (Å²) in [4.78, 5) is 35.3. The SMILES string of the molecule is O=C(O)Cn1cc(NC(=O)NCc2csc(=O)[nH]2)cn1. The molecule has 0 spiro atoms. The van der Waals surface area contributed by atoms with Gasteiger partial charge in [0.2, 0.25) is 0 Å². The summed E-state index contributed by atoms with van der Waals surface area (Å²) in [6, 6.07) is -0.480. The van der Waals surface area contributed by atoms with Gasteiger partial charge in [0.05, 0.1) is 18.4 Å². The average Bonchev–Trinajstić information content (AvgIpc) is 2.95. The van der Waals surface area contributed by atoms with Crippen molar-refractivity contribution in [2.75, 3.05) is 5.32 Å². The number of anilines is 1. The van der Waals surface area contributed by atoms with E-state index in [9.17, 15) is 14.4 Å². The number of carbonyl (C=O) groups is 2. The number of thiazole rings is 1. The number of carboxylic acids is 1. The van der Waals surface area contributed by atoms with Gasteiger partial charge >= 0.3 is 16.9 Å².